The highest BCUT2D eigenvalue weighted by atomic mass is 16.6. The van der Waals surface area contributed by atoms with Crippen molar-refractivity contribution >= 4 is 12.2 Å². The monoisotopic (exact) mass is 332 g/mol. The molecule has 2 rings (SSSR count). The van der Waals surface area contributed by atoms with Gasteiger partial charge < -0.3 is 20.1 Å². The summed E-state index contributed by atoms with van der Waals surface area (Å²) >= 11 is 0. The van der Waals surface area contributed by atoms with E-state index in [4.69, 9.17) is 9.47 Å². The van der Waals surface area contributed by atoms with E-state index in [1.54, 1.807) is 6.92 Å². The van der Waals surface area contributed by atoms with E-state index in [2.05, 4.69) is 17.2 Å². The van der Waals surface area contributed by atoms with Gasteiger partial charge in [-0.15, -0.1) is 0 Å². The maximum atomic E-state index is 11.8. The van der Waals surface area contributed by atoms with Gasteiger partial charge >= 0.3 is 12.2 Å². The zero-order chi connectivity index (χ0) is 17.4. The lowest BCUT2D eigenvalue weighted by molar-refractivity contribution is 0.131. The highest BCUT2D eigenvalue weighted by Crippen LogP contribution is 2.19. The third-order valence-corrected chi connectivity index (χ3v) is 3.85. The molecule has 0 bridgehead atoms. The smallest absolute Gasteiger partial charge is 0.412 e. The quantitative estimate of drug-likeness (QED) is 0.809. The summed E-state index contributed by atoms with van der Waals surface area (Å²) in [4.78, 5) is 23.3. The molecule has 1 aliphatic rings. The summed E-state index contributed by atoms with van der Waals surface area (Å²) in [5.41, 5.74) is 0.955. The van der Waals surface area contributed by atoms with Crippen molar-refractivity contribution in [1.82, 2.24) is 10.6 Å². The van der Waals surface area contributed by atoms with Crippen molar-refractivity contribution in [3.63, 3.8) is 0 Å². The van der Waals surface area contributed by atoms with Crippen LogP contribution in [0.4, 0.5) is 9.59 Å². The highest BCUT2D eigenvalue weighted by molar-refractivity contribution is 5.69. The van der Waals surface area contributed by atoms with E-state index in [0.29, 0.717) is 5.76 Å². The second kappa shape index (κ2) is 8.96. The Morgan fingerprint density at radius 3 is 2.12 bits per heavy atom. The Bertz CT molecular complexity index is 566. The van der Waals surface area contributed by atoms with Gasteiger partial charge in [0.15, 0.2) is 0 Å². The average Bonchev–Trinajstić information content (AvgIpc) is 2.55. The topological polar surface area (TPSA) is 76.7 Å². The molecule has 130 valence electrons. The van der Waals surface area contributed by atoms with Crippen molar-refractivity contribution in [2.45, 2.75) is 51.3 Å². The van der Waals surface area contributed by atoms with E-state index in [0.717, 1.165) is 31.2 Å². The zero-order valence-corrected chi connectivity index (χ0v) is 13.9. The van der Waals surface area contributed by atoms with Gasteiger partial charge in [0.05, 0.1) is 5.76 Å². The van der Waals surface area contributed by atoms with Gasteiger partial charge in [0, 0.05) is 12.1 Å². The molecule has 1 saturated carbocycles. The number of rotatable bonds is 5. The van der Waals surface area contributed by atoms with Gasteiger partial charge in [-0.05, 0) is 38.2 Å². The molecule has 2 N–H and O–H groups in total. The van der Waals surface area contributed by atoms with Gasteiger partial charge in [0.1, 0.15) is 6.61 Å². The van der Waals surface area contributed by atoms with E-state index in [-0.39, 0.29) is 18.7 Å². The molecule has 0 aliphatic heterocycles. The lowest BCUT2D eigenvalue weighted by Gasteiger charge is -2.29. The van der Waals surface area contributed by atoms with Crippen molar-refractivity contribution < 1.29 is 19.1 Å². The molecule has 0 saturated heterocycles. The molecule has 2 amide bonds. The fraction of sp³-hybridized carbons (Fsp3) is 0.444. The summed E-state index contributed by atoms with van der Waals surface area (Å²) in [6.45, 7) is 5.41. The molecule has 6 nitrogen and oxygen atoms in total. The minimum atomic E-state index is -0.471. The highest BCUT2D eigenvalue weighted by Gasteiger charge is 2.24. The number of amides is 2. The van der Waals surface area contributed by atoms with Crippen molar-refractivity contribution in [3.8, 4) is 0 Å². The molecule has 1 aromatic rings. The second-order valence-electron chi connectivity index (χ2n) is 5.99. The van der Waals surface area contributed by atoms with Gasteiger partial charge in [-0.3, -0.25) is 0 Å². The summed E-state index contributed by atoms with van der Waals surface area (Å²) in [5.74, 6) is 0.365. The largest absolute Gasteiger partial charge is 0.445 e. The first-order valence-corrected chi connectivity index (χ1v) is 8.14. The Morgan fingerprint density at radius 2 is 1.58 bits per heavy atom. The van der Waals surface area contributed by atoms with Crippen LogP contribution < -0.4 is 10.6 Å². The predicted molar refractivity (Wildman–Crippen MR) is 90.2 cm³/mol. The van der Waals surface area contributed by atoms with E-state index in [1.165, 1.54) is 0 Å². The number of benzene rings is 1. The molecular formula is C18H24N2O4. The minimum Gasteiger partial charge on any atom is -0.445 e. The van der Waals surface area contributed by atoms with Gasteiger partial charge in [0.2, 0.25) is 0 Å². The number of alkyl carbamates (subject to hydrolysis) is 2. The number of carbonyl (C=O) groups excluding carboxylic acids is 2. The summed E-state index contributed by atoms with van der Waals surface area (Å²) in [7, 11) is 0. The molecule has 1 aliphatic carbocycles. The first kappa shape index (κ1) is 17.8. The first-order valence-electron chi connectivity index (χ1n) is 8.14. The molecule has 0 heterocycles. The summed E-state index contributed by atoms with van der Waals surface area (Å²) in [6.07, 6.45) is 2.28. The lowest BCUT2D eigenvalue weighted by Crippen LogP contribution is -2.44. The molecule has 0 unspecified atom stereocenters. The Morgan fingerprint density at radius 1 is 1.04 bits per heavy atom. The molecule has 0 aromatic heterocycles. The van der Waals surface area contributed by atoms with Crippen LogP contribution in [0.25, 0.3) is 0 Å². The normalized spacial score (nSPS) is 19.9. The zero-order valence-electron chi connectivity index (χ0n) is 13.9. The molecule has 0 spiro atoms. The Labute approximate surface area is 142 Å². The van der Waals surface area contributed by atoms with Crippen LogP contribution in [0.1, 0.15) is 38.2 Å². The van der Waals surface area contributed by atoms with Crippen LogP contribution in [-0.2, 0) is 16.1 Å². The summed E-state index contributed by atoms with van der Waals surface area (Å²) < 4.78 is 10.1. The van der Waals surface area contributed by atoms with Crippen LogP contribution in [0.5, 0.6) is 0 Å². The average molecular weight is 332 g/mol. The Hall–Kier alpha value is -2.50. The Kier molecular flexibility index (Phi) is 6.66. The summed E-state index contributed by atoms with van der Waals surface area (Å²) in [5, 5.41) is 5.68. The number of hydrogen-bond donors (Lipinski definition) is 2. The molecule has 6 heteroatoms. The van der Waals surface area contributed by atoms with E-state index in [1.807, 2.05) is 30.3 Å². The van der Waals surface area contributed by atoms with Crippen LogP contribution in [0.2, 0.25) is 0 Å². The predicted octanol–water partition coefficient (Wildman–Crippen LogP) is 3.48. The van der Waals surface area contributed by atoms with Crippen LogP contribution in [-0.4, -0.2) is 24.3 Å². The van der Waals surface area contributed by atoms with Gasteiger partial charge in [0.25, 0.3) is 0 Å². The Balaban J connectivity index is 1.64. The molecule has 0 radical (unpaired) electrons. The number of carbonyl (C=O) groups is 2. The lowest BCUT2D eigenvalue weighted by atomic mass is 9.91. The van der Waals surface area contributed by atoms with Gasteiger partial charge in [-0.25, -0.2) is 9.59 Å². The third-order valence-electron chi connectivity index (χ3n) is 3.85. The number of allylic oxidation sites excluding steroid dienone is 1. The van der Waals surface area contributed by atoms with E-state index >= 15 is 0 Å². The molecule has 1 aromatic carbocycles. The van der Waals surface area contributed by atoms with Crippen LogP contribution >= 0.6 is 0 Å². The minimum absolute atomic E-state index is 0.0650. The fourth-order valence-corrected chi connectivity index (χ4v) is 2.67. The molecule has 24 heavy (non-hydrogen) atoms. The van der Waals surface area contributed by atoms with Crippen molar-refractivity contribution in [2.24, 2.45) is 0 Å². The van der Waals surface area contributed by atoms with Crippen molar-refractivity contribution in [3.05, 3.63) is 48.2 Å². The number of nitrogens with one attached hydrogen (secondary N) is 2. The number of hydrogen-bond acceptors (Lipinski definition) is 4. The molecule has 0 atom stereocenters. The molecular weight excluding hydrogens is 308 g/mol. The second-order valence-corrected chi connectivity index (χ2v) is 5.99. The van der Waals surface area contributed by atoms with Gasteiger partial charge in [-0.1, -0.05) is 36.9 Å². The van der Waals surface area contributed by atoms with Crippen LogP contribution in [0.15, 0.2) is 42.7 Å². The maximum Gasteiger partial charge on any atom is 0.412 e. The summed E-state index contributed by atoms with van der Waals surface area (Å²) in [6, 6.07) is 9.69. The standard InChI is InChI=1S/C18H24N2O4/c1-13(2)24-18(22)20-16-10-8-15(9-11-16)19-17(21)23-12-14-6-4-3-5-7-14/h3-7,15-16H,1,8-12H2,2H3,(H,19,21)(H,20,22)/t15-,16+. The maximum absolute atomic E-state index is 11.8. The van der Waals surface area contributed by atoms with E-state index < -0.39 is 12.2 Å². The van der Waals surface area contributed by atoms with Crippen molar-refractivity contribution in [1.29, 1.82) is 0 Å². The third kappa shape index (κ3) is 6.32. The number of ether oxygens (including phenoxy) is 2. The first-order chi connectivity index (χ1) is 11.5. The van der Waals surface area contributed by atoms with Crippen LogP contribution in [0, 0.1) is 0 Å². The van der Waals surface area contributed by atoms with Gasteiger partial charge in [-0.2, -0.15) is 0 Å². The van der Waals surface area contributed by atoms with E-state index in [9.17, 15) is 9.59 Å². The molecule has 1 fully saturated rings. The fourth-order valence-electron chi connectivity index (χ4n) is 2.67. The SMILES string of the molecule is C=C(C)OC(=O)N[C@H]1CC[C@@H](NC(=O)OCc2ccccc2)CC1. The van der Waals surface area contributed by atoms with Crippen LogP contribution in [0.3, 0.4) is 0 Å². The van der Waals surface area contributed by atoms with Crippen molar-refractivity contribution in [2.75, 3.05) is 0 Å².